The molecule has 1 N–H and O–H groups in total. The first-order valence-electron chi connectivity index (χ1n) is 10.9. The molecule has 0 aromatic heterocycles. The molecular formula is C24H28FN3O4. The number of nitro groups is 1. The highest BCUT2D eigenvalue weighted by Gasteiger charge is 2.30. The second-order valence-corrected chi connectivity index (χ2v) is 8.20. The minimum atomic E-state index is -0.855. The van der Waals surface area contributed by atoms with Crippen molar-refractivity contribution in [3.8, 4) is 0 Å². The number of nitro benzene ring substituents is 1. The number of halogens is 1. The second-order valence-electron chi connectivity index (χ2n) is 8.20. The van der Waals surface area contributed by atoms with E-state index in [2.05, 4.69) is 5.32 Å². The van der Waals surface area contributed by atoms with Crippen molar-refractivity contribution in [3.05, 3.63) is 75.6 Å². The quantitative estimate of drug-likeness (QED) is 0.492. The molecule has 1 aliphatic rings. The van der Waals surface area contributed by atoms with Crippen molar-refractivity contribution in [2.45, 2.75) is 64.1 Å². The van der Waals surface area contributed by atoms with Crippen molar-refractivity contribution in [3.63, 3.8) is 0 Å². The Kier molecular flexibility index (Phi) is 7.92. The number of para-hydroxylation sites is 1. The third-order valence-corrected chi connectivity index (χ3v) is 5.95. The highest BCUT2D eigenvalue weighted by Crippen LogP contribution is 2.22. The smallest absolute Gasteiger partial charge is 0.273 e. The predicted molar refractivity (Wildman–Crippen MR) is 118 cm³/mol. The van der Waals surface area contributed by atoms with E-state index in [4.69, 9.17) is 0 Å². The van der Waals surface area contributed by atoms with E-state index in [9.17, 15) is 24.1 Å². The molecule has 32 heavy (non-hydrogen) atoms. The van der Waals surface area contributed by atoms with Crippen molar-refractivity contribution in [1.82, 2.24) is 10.2 Å². The summed E-state index contributed by atoms with van der Waals surface area (Å²) in [5.41, 5.74) is 0.368. The van der Waals surface area contributed by atoms with E-state index in [1.165, 1.54) is 29.2 Å². The van der Waals surface area contributed by atoms with Crippen LogP contribution >= 0.6 is 0 Å². The van der Waals surface area contributed by atoms with E-state index in [1.807, 2.05) is 0 Å². The maximum atomic E-state index is 14.3. The van der Waals surface area contributed by atoms with E-state index >= 15 is 0 Å². The van der Waals surface area contributed by atoms with Gasteiger partial charge in [-0.05, 0) is 25.8 Å². The van der Waals surface area contributed by atoms with Gasteiger partial charge in [-0.2, -0.15) is 0 Å². The van der Waals surface area contributed by atoms with Gasteiger partial charge in [0, 0.05) is 29.8 Å². The third-order valence-electron chi connectivity index (χ3n) is 5.95. The molecule has 0 radical (unpaired) electrons. The summed E-state index contributed by atoms with van der Waals surface area (Å²) in [6.07, 6.45) is 4.79. The van der Waals surface area contributed by atoms with E-state index in [1.54, 1.807) is 31.2 Å². The Labute approximate surface area is 186 Å². The average molecular weight is 442 g/mol. The summed E-state index contributed by atoms with van der Waals surface area (Å²) in [6.45, 7) is 1.50. The van der Waals surface area contributed by atoms with Crippen molar-refractivity contribution < 1.29 is 18.9 Å². The van der Waals surface area contributed by atoms with Gasteiger partial charge in [-0.25, -0.2) is 4.39 Å². The van der Waals surface area contributed by atoms with Gasteiger partial charge in [-0.15, -0.1) is 0 Å². The van der Waals surface area contributed by atoms with Gasteiger partial charge < -0.3 is 10.2 Å². The number of amides is 2. The number of carbonyl (C=O) groups is 2. The Morgan fingerprint density at radius 3 is 2.38 bits per heavy atom. The summed E-state index contributed by atoms with van der Waals surface area (Å²) in [5, 5.41) is 14.4. The normalized spacial score (nSPS) is 15.1. The van der Waals surface area contributed by atoms with E-state index in [0.29, 0.717) is 0 Å². The molecule has 0 spiro atoms. The number of carbonyl (C=O) groups excluding carboxylic acids is 2. The zero-order valence-electron chi connectivity index (χ0n) is 18.1. The average Bonchev–Trinajstić information content (AvgIpc) is 2.79. The zero-order valence-corrected chi connectivity index (χ0v) is 18.1. The molecule has 0 aliphatic heterocycles. The number of rotatable bonds is 8. The standard InChI is InChI=1S/C24H28FN3O4/c1-17(24(30)26-20-11-3-2-4-12-20)27(16-19-10-5-7-13-21(19)25)23(29)15-18-9-6-8-14-22(18)28(31)32/h5-10,13-14,17,20H,2-4,11-12,15-16H2,1H3,(H,26,30)/t17-/m0/s1. The van der Waals surface area contributed by atoms with E-state index in [0.717, 1.165) is 32.1 Å². The Morgan fingerprint density at radius 2 is 1.72 bits per heavy atom. The number of benzene rings is 2. The fraction of sp³-hybridized carbons (Fsp3) is 0.417. The molecule has 3 rings (SSSR count). The van der Waals surface area contributed by atoms with Gasteiger partial charge in [-0.3, -0.25) is 19.7 Å². The number of nitrogens with zero attached hydrogens (tertiary/aromatic N) is 2. The highest BCUT2D eigenvalue weighted by atomic mass is 19.1. The fourth-order valence-electron chi connectivity index (χ4n) is 4.06. The van der Waals surface area contributed by atoms with Gasteiger partial charge in [0.1, 0.15) is 11.9 Å². The molecule has 0 saturated heterocycles. The molecule has 1 saturated carbocycles. The molecule has 2 amide bonds. The summed E-state index contributed by atoms with van der Waals surface area (Å²) in [4.78, 5) is 38.3. The van der Waals surface area contributed by atoms with Crippen LogP contribution in [-0.2, 0) is 22.6 Å². The summed E-state index contributed by atoms with van der Waals surface area (Å²) in [5.74, 6) is -1.26. The van der Waals surface area contributed by atoms with Crippen LogP contribution in [-0.4, -0.2) is 33.7 Å². The lowest BCUT2D eigenvalue weighted by atomic mass is 9.95. The first kappa shape index (κ1) is 23.4. The van der Waals surface area contributed by atoms with Crippen LogP contribution in [0, 0.1) is 15.9 Å². The lowest BCUT2D eigenvalue weighted by Gasteiger charge is -2.31. The third kappa shape index (κ3) is 5.90. The van der Waals surface area contributed by atoms with Crippen LogP contribution in [0.4, 0.5) is 10.1 Å². The first-order valence-corrected chi connectivity index (χ1v) is 10.9. The molecule has 0 heterocycles. The van der Waals surface area contributed by atoms with Gasteiger partial charge in [0.2, 0.25) is 11.8 Å². The maximum Gasteiger partial charge on any atom is 0.273 e. The predicted octanol–water partition coefficient (Wildman–Crippen LogP) is 4.14. The molecular weight excluding hydrogens is 413 g/mol. The zero-order chi connectivity index (χ0) is 23.1. The lowest BCUT2D eigenvalue weighted by molar-refractivity contribution is -0.385. The summed E-state index contributed by atoms with van der Waals surface area (Å²) in [6, 6.07) is 11.3. The van der Waals surface area contributed by atoms with Gasteiger partial charge in [0.25, 0.3) is 5.69 Å². The van der Waals surface area contributed by atoms with Crippen molar-refractivity contribution >= 4 is 17.5 Å². The van der Waals surface area contributed by atoms with Crippen LogP contribution in [0.15, 0.2) is 48.5 Å². The molecule has 1 atom stereocenters. The van der Waals surface area contributed by atoms with Gasteiger partial charge >= 0.3 is 0 Å². The largest absolute Gasteiger partial charge is 0.352 e. The van der Waals surface area contributed by atoms with Crippen LogP contribution in [0.3, 0.4) is 0 Å². The summed E-state index contributed by atoms with van der Waals surface area (Å²) in [7, 11) is 0. The number of hydrogen-bond donors (Lipinski definition) is 1. The molecule has 1 fully saturated rings. The van der Waals surface area contributed by atoms with Crippen LogP contribution in [0.2, 0.25) is 0 Å². The minimum absolute atomic E-state index is 0.0688. The lowest BCUT2D eigenvalue weighted by Crippen LogP contribution is -2.50. The van der Waals surface area contributed by atoms with E-state index in [-0.39, 0.29) is 41.7 Å². The Hall–Kier alpha value is -3.29. The van der Waals surface area contributed by atoms with Crippen molar-refractivity contribution in [1.29, 1.82) is 0 Å². The molecule has 7 nitrogen and oxygen atoms in total. The van der Waals surface area contributed by atoms with E-state index < -0.39 is 22.7 Å². The minimum Gasteiger partial charge on any atom is -0.352 e. The van der Waals surface area contributed by atoms with Gasteiger partial charge in [-0.1, -0.05) is 55.7 Å². The fourth-order valence-corrected chi connectivity index (χ4v) is 4.06. The Bertz CT molecular complexity index is 975. The van der Waals surface area contributed by atoms with Crippen LogP contribution < -0.4 is 5.32 Å². The molecule has 0 unspecified atom stereocenters. The molecule has 0 bridgehead atoms. The molecule has 2 aromatic carbocycles. The monoisotopic (exact) mass is 441 g/mol. The first-order chi connectivity index (χ1) is 15.4. The van der Waals surface area contributed by atoms with Crippen molar-refractivity contribution in [2.75, 3.05) is 0 Å². The molecule has 8 heteroatoms. The van der Waals surface area contributed by atoms with Crippen LogP contribution in [0.25, 0.3) is 0 Å². The van der Waals surface area contributed by atoms with Crippen LogP contribution in [0.5, 0.6) is 0 Å². The number of nitrogens with one attached hydrogen (secondary N) is 1. The van der Waals surface area contributed by atoms with Crippen LogP contribution in [0.1, 0.15) is 50.2 Å². The Morgan fingerprint density at radius 1 is 1.09 bits per heavy atom. The highest BCUT2D eigenvalue weighted by molar-refractivity contribution is 5.88. The molecule has 2 aromatic rings. The van der Waals surface area contributed by atoms with Gasteiger partial charge in [0.05, 0.1) is 11.3 Å². The summed E-state index contributed by atoms with van der Waals surface area (Å²) >= 11 is 0. The molecule has 1 aliphatic carbocycles. The second kappa shape index (κ2) is 10.8. The summed E-state index contributed by atoms with van der Waals surface area (Å²) < 4.78 is 14.3. The topological polar surface area (TPSA) is 92.6 Å². The Balaban J connectivity index is 1.82. The SMILES string of the molecule is C[C@@H](C(=O)NC1CCCCC1)N(Cc1ccccc1F)C(=O)Cc1ccccc1[N+](=O)[O-]. The maximum absolute atomic E-state index is 14.3. The van der Waals surface area contributed by atoms with Crippen molar-refractivity contribution in [2.24, 2.45) is 0 Å². The molecule has 170 valence electrons. The number of hydrogen-bond acceptors (Lipinski definition) is 4. The van der Waals surface area contributed by atoms with Gasteiger partial charge in [0.15, 0.2) is 0 Å².